The van der Waals surface area contributed by atoms with Gasteiger partial charge in [0, 0.05) is 0 Å². The third kappa shape index (κ3) is 5.65. The first-order chi connectivity index (χ1) is 8.63. The Hall–Kier alpha value is -0.860. The summed E-state index contributed by atoms with van der Waals surface area (Å²) < 4.78 is 6.09. The van der Waals surface area contributed by atoms with Gasteiger partial charge < -0.3 is 9.84 Å². The molecule has 0 spiro atoms. The van der Waals surface area contributed by atoms with Gasteiger partial charge in [-0.1, -0.05) is 50.1 Å². The Morgan fingerprint density at radius 3 is 2.39 bits per heavy atom. The summed E-state index contributed by atoms with van der Waals surface area (Å²) in [6.07, 6.45) is 4.02. The van der Waals surface area contributed by atoms with Gasteiger partial charge in [0.15, 0.2) is 0 Å². The fourth-order valence-corrected chi connectivity index (χ4v) is 2.19. The molecule has 0 fully saturated rings. The van der Waals surface area contributed by atoms with Crippen molar-refractivity contribution in [3.05, 3.63) is 35.9 Å². The highest BCUT2D eigenvalue weighted by Crippen LogP contribution is 2.25. The molecular formula is C16H26O2. The lowest BCUT2D eigenvalue weighted by atomic mass is 10.0. The van der Waals surface area contributed by atoms with Gasteiger partial charge in [0.25, 0.3) is 0 Å². The number of aliphatic hydroxyl groups is 1. The zero-order valence-corrected chi connectivity index (χ0v) is 11.8. The van der Waals surface area contributed by atoms with E-state index in [-0.39, 0.29) is 18.3 Å². The van der Waals surface area contributed by atoms with E-state index >= 15 is 0 Å². The number of unbranched alkanes of at least 4 members (excludes halogenated alkanes) is 1. The molecule has 1 N–H and O–H groups in total. The predicted molar refractivity (Wildman–Crippen MR) is 75.6 cm³/mol. The molecule has 102 valence electrons. The molecule has 0 heterocycles. The number of rotatable bonds is 8. The molecule has 1 aromatic carbocycles. The molecule has 0 aliphatic rings. The largest absolute Gasteiger partial charge is 0.393 e. The molecule has 0 radical (unpaired) electrons. The van der Waals surface area contributed by atoms with Crippen LogP contribution in [0.3, 0.4) is 0 Å². The van der Waals surface area contributed by atoms with E-state index in [0.717, 1.165) is 6.42 Å². The summed E-state index contributed by atoms with van der Waals surface area (Å²) in [6, 6.07) is 10.4. The Morgan fingerprint density at radius 1 is 1.17 bits per heavy atom. The average Bonchev–Trinajstić information content (AvgIpc) is 2.34. The highest BCUT2D eigenvalue weighted by molar-refractivity contribution is 5.17. The van der Waals surface area contributed by atoms with Crippen LogP contribution < -0.4 is 0 Å². The molecule has 0 unspecified atom stereocenters. The Morgan fingerprint density at radius 2 is 1.83 bits per heavy atom. The highest BCUT2D eigenvalue weighted by atomic mass is 16.5. The molecule has 2 heteroatoms. The van der Waals surface area contributed by atoms with Gasteiger partial charge in [-0.15, -0.1) is 0 Å². The quantitative estimate of drug-likeness (QED) is 0.753. The summed E-state index contributed by atoms with van der Waals surface area (Å²) >= 11 is 0. The fourth-order valence-electron chi connectivity index (χ4n) is 2.19. The molecule has 2 nitrogen and oxygen atoms in total. The van der Waals surface area contributed by atoms with E-state index in [9.17, 15) is 5.11 Å². The minimum absolute atomic E-state index is 0.0899. The van der Waals surface area contributed by atoms with Crippen molar-refractivity contribution in [2.24, 2.45) is 0 Å². The van der Waals surface area contributed by atoms with Crippen LogP contribution in [0, 0.1) is 0 Å². The first-order valence-corrected chi connectivity index (χ1v) is 7.02. The molecule has 0 aliphatic carbocycles. The minimum atomic E-state index is -0.303. The topological polar surface area (TPSA) is 29.5 Å². The number of aliphatic hydroxyl groups excluding tert-OH is 1. The van der Waals surface area contributed by atoms with E-state index in [1.54, 1.807) is 0 Å². The van der Waals surface area contributed by atoms with Gasteiger partial charge in [-0.2, -0.15) is 0 Å². The smallest absolute Gasteiger partial charge is 0.0828 e. The summed E-state index contributed by atoms with van der Waals surface area (Å²) in [5.74, 6) is 0. The number of benzene rings is 1. The van der Waals surface area contributed by atoms with Crippen molar-refractivity contribution in [3.8, 4) is 0 Å². The molecule has 0 aromatic heterocycles. The Balaban J connectivity index is 2.61. The lowest BCUT2D eigenvalue weighted by molar-refractivity contribution is -0.0300. The molecule has 0 amide bonds. The van der Waals surface area contributed by atoms with Gasteiger partial charge >= 0.3 is 0 Å². The van der Waals surface area contributed by atoms with Crippen LogP contribution in [0.2, 0.25) is 0 Å². The predicted octanol–water partition coefficient (Wildman–Crippen LogP) is 4.09. The first kappa shape index (κ1) is 15.2. The molecule has 18 heavy (non-hydrogen) atoms. The van der Waals surface area contributed by atoms with Gasteiger partial charge in [-0.3, -0.25) is 0 Å². The van der Waals surface area contributed by atoms with Gasteiger partial charge in [-0.05, 0) is 32.3 Å². The van der Waals surface area contributed by atoms with Crippen molar-refractivity contribution in [2.45, 2.75) is 64.8 Å². The van der Waals surface area contributed by atoms with Crippen molar-refractivity contribution in [3.63, 3.8) is 0 Å². The molecule has 0 bridgehead atoms. The molecule has 0 saturated carbocycles. The molecule has 1 aromatic rings. The maximum atomic E-state index is 9.40. The lowest BCUT2D eigenvalue weighted by Crippen LogP contribution is -2.18. The molecule has 0 saturated heterocycles. The van der Waals surface area contributed by atoms with Crippen molar-refractivity contribution in [2.75, 3.05) is 0 Å². The monoisotopic (exact) mass is 250 g/mol. The maximum Gasteiger partial charge on any atom is 0.0828 e. The second kappa shape index (κ2) is 8.28. The van der Waals surface area contributed by atoms with E-state index in [1.807, 2.05) is 19.9 Å². The molecule has 1 rings (SSSR count). The van der Waals surface area contributed by atoms with Crippen molar-refractivity contribution >= 4 is 0 Å². The van der Waals surface area contributed by atoms with E-state index in [1.165, 1.54) is 18.4 Å². The van der Waals surface area contributed by atoms with Gasteiger partial charge in [0.05, 0.1) is 18.3 Å². The second-order valence-electron chi connectivity index (χ2n) is 5.07. The van der Waals surface area contributed by atoms with Gasteiger partial charge in [0.1, 0.15) is 0 Å². The van der Waals surface area contributed by atoms with Crippen LogP contribution >= 0.6 is 0 Å². The van der Waals surface area contributed by atoms with Crippen LogP contribution in [-0.2, 0) is 4.74 Å². The van der Waals surface area contributed by atoms with E-state index in [2.05, 4.69) is 31.2 Å². The summed E-state index contributed by atoms with van der Waals surface area (Å²) in [5.41, 5.74) is 1.24. The number of hydrogen-bond acceptors (Lipinski definition) is 2. The second-order valence-corrected chi connectivity index (χ2v) is 5.07. The van der Waals surface area contributed by atoms with Crippen molar-refractivity contribution < 1.29 is 9.84 Å². The number of hydrogen-bond donors (Lipinski definition) is 1. The van der Waals surface area contributed by atoms with Crippen molar-refractivity contribution in [1.29, 1.82) is 0 Å². The molecule has 3 atom stereocenters. The average molecular weight is 250 g/mol. The van der Waals surface area contributed by atoms with Crippen molar-refractivity contribution in [1.82, 2.24) is 0 Å². The minimum Gasteiger partial charge on any atom is -0.393 e. The van der Waals surface area contributed by atoms with Gasteiger partial charge in [0.2, 0.25) is 0 Å². The third-order valence-electron chi connectivity index (χ3n) is 3.06. The normalized spacial score (nSPS) is 16.2. The standard InChI is InChI=1S/C16H26O2/c1-4-5-11-16(15-9-7-6-8-10-15)18-14(3)12-13(2)17/h6-10,13-14,16-17H,4-5,11-12H2,1-3H3/t13-,14-,16+/m1/s1. The Labute approximate surface area is 111 Å². The SMILES string of the molecule is CCCC[C@H](O[C@H](C)C[C@@H](C)O)c1ccccc1. The van der Waals surface area contributed by atoms with Crippen LogP contribution in [0.25, 0.3) is 0 Å². The van der Waals surface area contributed by atoms with Crippen LogP contribution in [0.5, 0.6) is 0 Å². The third-order valence-corrected chi connectivity index (χ3v) is 3.06. The maximum absolute atomic E-state index is 9.40. The van der Waals surface area contributed by atoms with Crippen LogP contribution in [-0.4, -0.2) is 17.3 Å². The summed E-state index contributed by atoms with van der Waals surface area (Å²) in [5, 5.41) is 9.40. The van der Waals surface area contributed by atoms with E-state index in [4.69, 9.17) is 4.74 Å². The van der Waals surface area contributed by atoms with Gasteiger partial charge in [-0.25, -0.2) is 0 Å². The summed E-state index contributed by atoms with van der Waals surface area (Å²) in [7, 11) is 0. The summed E-state index contributed by atoms with van der Waals surface area (Å²) in [6.45, 7) is 6.04. The van der Waals surface area contributed by atoms with E-state index < -0.39 is 0 Å². The summed E-state index contributed by atoms with van der Waals surface area (Å²) in [4.78, 5) is 0. The van der Waals surface area contributed by atoms with Crippen LogP contribution in [0.4, 0.5) is 0 Å². The van der Waals surface area contributed by atoms with Crippen LogP contribution in [0.15, 0.2) is 30.3 Å². The molecular weight excluding hydrogens is 224 g/mol. The Kier molecular flexibility index (Phi) is 6.99. The number of ether oxygens (including phenoxy) is 1. The highest BCUT2D eigenvalue weighted by Gasteiger charge is 2.16. The first-order valence-electron chi connectivity index (χ1n) is 7.02. The zero-order valence-electron chi connectivity index (χ0n) is 11.8. The Bertz CT molecular complexity index is 308. The fraction of sp³-hybridized carbons (Fsp3) is 0.625. The lowest BCUT2D eigenvalue weighted by Gasteiger charge is -2.23. The van der Waals surface area contributed by atoms with E-state index in [0.29, 0.717) is 6.42 Å². The molecule has 0 aliphatic heterocycles. The van der Waals surface area contributed by atoms with Crippen LogP contribution in [0.1, 0.15) is 58.1 Å². The zero-order chi connectivity index (χ0) is 13.4.